The zero-order valence-corrected chi connectivity index (χ0v) is 14.7. The van der Waals surface area contributed by atoms with Crippen LogP contribution in [0, 0.1) is 49.4 Å². The Morgan fingerprint density at radius 1 is 0.389 bits per heavy atom. The van der Waals surface area contributed by atoms with Crippen LogP contribution in [-0.4, -0.2) is 135 Å². The van der Waals surface area contributed by atoms with Crippen LogP contribution < -0.4 is 0 Å². The predicted octanol–water partition coefficient (Wildman–Crippen LogP) is -8.36. The average Bonchev–Trinajstić information content (AvgIpc) is 1.76. The molecule has 0 amide bonds. The third-order valence-corrected chi connectivity index (χ3v) is 0. The second-order valence-electron chi connectivity index (χ2n) is 1.39. The van der Waals surface area contributed by atoms with E-state index in [0.29, 0.717) is 0 Å². The first kappa shape index (κ1) is 37.3. The van der Waals surface area contributed by atoms with E-state index in [-0.39, 0.29) is 97.7 Å². The molecule has 0 bridgehead atoms. The molecule has 0 heterocycles. The minimum absolute atomic E-state index is 0. The molecule has 0 aliphatic rings. The molecule has 0 atom stereocenters. The van der Waals surface area contributed by atoms with E-state index in [1.807, 2.05) is 0 Å². The monoisotopic (exact) mass is 491 g/mol. The van der Waals surface area contributed by atoms with Gasteiger partial charge in [-0.15, -0.1) is 0 Å². The average molecular weight is 489 g/mol. The van der Waals surface area contributed by atoms with Gasteiger partial charge in [-0.05, 0) is 0 Å². The summed E-state index contributed by atoms with van der Waals surface area (Å²) in [4.78, 5) is 0. The first-order valence-corrected chi connectivity index (χ1v) is 3.10. The van der Waals surface area contributed by atoms with Crippen molar-refractivity contribution >= 4 is 74.8 Å². The molecule has 0 saturated carbocycles. The van der Waals surface area contributed by atoms with Crippen molar-refractivity contribution in [2.75, 3.05) is 0 Å². The molecule has 0 rings (SSSR count). The Balaban J connectivity index is -0.0000000150. The van der Waals surface area contributed by atoms with Crippen molar-refractivity contribution in [3.05, 3.63) is 0 Å². The third-order valence-electron chi connectivity index (χ3n) is 0. The maximum atomic E-state index is 7.17. The zero-order valence-electron chi connectivity index (χ0n) is 10.8. The van der Waals surface area contributed by atoms with Gasteiger partial charge in [0.1, 0.15) is 0 Å². The standard InChI is InChI=1S/4BH3O3.Eu.Sr.2H/c4*2-1(3)4;;;;/h4*2-4H;;;;/q;;;;;+2;2*-1. The Morgan fingerprint density at radius 2 is 0.389 bits per heavy atom. The van der Waals surface area contributed by atoms with Crippen molar-refractivity contribution in [3.63, 3.8) is 0 Å². The smallest absolute Gasteiger partial charge is 1.00 e. The first-order valence-electron chi connectivity index (χ1n) is 3.10. The summed E-state index contributed by atoms with van der Waals surface area (Å²) < 4.78 is 0. The van der Waals surface area contributed by atoms with Crippen molar-refractivity contribution in [3.8, 4) is 0 Å². The minimum Gasteiger partial charge on any atom is -1.00 e. The topological polar surface area (TPSA) is 243 Å². The molecule has 0 unspecified atom stereocenters. The number of hydrogen-bond acceptors (Lipinski definition) is 12. The molecular weight excluding hydrogens is 475 g/mol. The van der Waals surface area contributed by atoms with Gasteiger partial charge in [0.2, 0.25) is 0 Å². The Bertz CT molecular complexity index is 76.4. The molecule has 0 aromatic heterocycles. The normalized spacial score (nSPS) is 6.00. The molecule has 0 aliphatic heterocycles. The molecule has 0 aromatic rings. The van der Waals surface area contributed by atoms with E-state index >= 15 is 0 Å². The minimum atomic E-state index is -2.17. The van der Waals surface area contributed by atoms with Crippen LogP contribution in [0.15, 0.2) is 0 Å². The Hall–Kier alpha value is 2.84. The summed E-state index contributed by atoms with van der Waals surface area (Å²) in [6, 6.07) is 0. The Kier molecular flexibility index (Phi) is 66.2. The molecule has 0 spiro atoms. The molecule has 18 heavy (non-hydrogen) atoms. The zero-order chi connectivity index (χ0) is 14.3. The van der Waals surface area contributed by atoms with Crippen LogP contribution in [0.1, 0.15) is 2.85 Å². The quantitative estimate of drug-likeness (QED) is 0.142. The largest absolute Gasteiger partial charge is 2.00 e. The van der Waals surface area contributed by atoms with Gasteiger partial charge in [0, 0.05) is 49.4 Å². The van der Waals surface area contributed by atoms with Gasteiger partial charge in [0.05, 0.1) is 0 Å². The van der Waals surface area contributed by atoms with Crippen molar-refractivity contribution in [1.82, 2.24) is 0 Å². The maximum Gasteiger partial charge on any atom is 2.00 e. The molecule has 0 aromatic carbocycles. The molecule has 1 radical (unpaired) electrons. The second kappa shape index (κ2) is 32.0. The van der Waals surface area contributed by atoms with Crippen LogP contribution >= 0.6 is 0 Å². The van der Waals surface area contributed by atoms with Gasteiger partial charge in [-0.3, -0.25) is 0 Å². The van der Waals surface area contributed by atoms with Crippen molar-refractivity contribution < 1.29 is 113 Å². The fourth-order valence-corrected chi connectivity index (χ4v) is 0. The van der Waals surface area contributed by atoms with Gasteiger partial charge in [-0.25, -0.2) is 0 Å². The van der Waals surface area contributed by atoms with Crippen molar-refractivity contribution in [1.29, 1.82) is 0 Å². The van der Waals surface area contributed by atoms with Gasteiger partial charge in [0.15, 0.2) is 0 Å². The predicted molar refractivity (Wildman–Crippen MR) is 57.6 cm³/mol. The molecule has 12 nitrogen and oxygen atoms in total. The SMILES string of the molecule is OB(O)O.OB(O)O.OB(O)O.OB(O)O.[Eu].[H-].[H-].[Sr+2]. The van der Waals surface area contributed by atoms with Gasteiger partial charge in [-0.1, -0.05) is 0 Å². The van der Waals surface area contributed by atoms with E-state index in [4.69, 9.17) is 60.3 Å². The molecule has 0 fully saturated rings. The van der Waals surface area contributed by atoms with Crippen LogP contribution in [0.4, 0.5) is 0 Å². The first-order chi connectivity index (χ1) is 6.93. The van der Waals surface area contributed by atoms with Crippen LogP contribution in [0.2, 0.25) is 0 Å². The molecule has 12 N–H and O–H groups in total. The van der Waals surface area contributed by atoms with E-state index < -0.39 is 29.3 Å². The summed E-state index contributed by atoms with van der Waals surface area (Å²) in [7, 11) is -8.67. The summed E-state index contributed by atoms with van der Waals surface area (Å²) in [6.45, 7) is 0. The van der Waals surface area contributed by atoms with Gasteiger partial charge in [0.25, 0.3) is 0 Å². The van der Waals surface area contributed by atoms with Crippen LogP contribution in [0.5, 0.6) is 0 Å². The molecule has 107 valence electrons. The van der Waals surface area contributed by atoms with Crippen molar-refractivity contribution in [2.24, 2.45) is 0 Å². The van der Waals surface area contributed by atoms with Crippen LogP contribution in [0.3, 0.4) is 0 Å². The second-order valence-corrected chi connectivity index (χ2v) is 1.39. The number of rotatable bonds is 0. The Morgan fingerprint density at radius 3 is 0.389 bits per heavy atom. The van der Waals surface area contributed by atoms with E-state index in [0.717, 1.165) is 0 Å². The molecule has 18 heteroatoms. The van der Waals surface area contributed by atoms with Crippen LogP contribution in [-0.2, 0) is 0 Å². The number of hydrogen-bond donors (Lipinski definition) is 12. The fourth-order valence-electron chi connectivity index (χ4n) is 0. The van der Waals surface area contributed by atoms with E-state index in [9.17, 15) is 0 Å². The summed E-state index contributed by atoms with van der Waals surface area (Å²) >= 11 is 0. The third kappa shape index (κ3) is 742. The van der Waals surface area contributed by atoms with Gasteiger partial charge >= 0.3 is 74.8 Å². The van der Waals surface area contributed by atoms with E-state index in [1.165, 1.54) is 0 Å². The summed E-state index contributed by atoms with van der Waals surface area (Å²) in [6.07, 6.45) is 0. The fraction of sp³-hybridized carbons (Fsp3) is 0. The molecular formula is H14B4EuO12Sr. The van der Waals surface area contributed by atoms with Crippen molar-refractivity contribution in [2.45, 2.75) is 0 Å². The molecule has 0 saturated heterocycles. The summed E-state index contributed by atoms with van der Waals surface area (Å²) in [5, 5.41) is 86.0. The van der Waals surface area contributed by atoms with E-state index in [1.54, 1.807) is 0 Å². The van der Waals surface area contributed by atoms with Crippen LogP contribution in [0.25, 0.3) is 0 Å². The van der Waals surface area contributed by atoms with Gasteiger partial charge in [-0.2, -0.15) is 0 Å². The van der Waals surface area contributed by atoms with Gasteiger partial charge < -0.3 is 63.1 Å². The summed E-state index contributed by atoms with van der Waals surface area (Å²) in [5.74, 6) is 0. The van der Waals surface area contributed by atoms with E-state index in [2.05, 4.69) is 0 Å². The summed E-state index contributed by atoms with van der Waals surface area (Å²) in [5.41, 5.74) is 0. The Labute approximate surface area is 184 Å². The maximum absolute atomic E-state index is 7.17. The molecule has 0 aliphatic carbocycles.